The highest BCUT2D eigenvalue weighted by molar-refractivity contribution is 5.85. The molecule has 1 N–H and O–H groups in total. The smallest absolute Gasteiger partial charge is 0.328 e. The van der Waals surface area contributed by atoms with Crippen LogP contribution >= 0.6 is 0 Å². The van der Waals surface area contributed by atoms with E-state index in [-0.39, 0.29) is 0 Å². The normalized spacial score (nSPS) is 11.1. The van der Waals surface area contributed by atoms with E-state index >= 15 is 0 Å². The van der Waals surface area contributed by atoms with Gasteiger partial charge in [0.2, 0.25) is 0 Å². The molecule has 2 aromatic rings. The number of rotatable bonds is 4. The Balaban J connectivity index is 2.37. The van der Waals surface area contributed by atoms with Gasteiger partial charge in [0.05, 0.1) is 0 Å². The Kier molecular flexibility index (Phi) is 3.80. The summed E-state index contributed by atoms with van der Waals surface area (Å²) in [6.45, 7) is 4.07. The summed E-state index contributed by atoms with van der Waals surface area (Å²) < 4.78 is 2.06. The first-order valence-electron chi connectivity index (χ1n) is 6.16. The van der Waals surface area contributed by atoms with Crippen LogP contribution in [0.2, 0.25) is 0 Å². The maximum Gasteiger partial charge on any atom is 0.328 e. The lowest BCUT2D eigenvalue weighted by Crippen LogP contribution is -2.01. The summed E-state index contributed by atoms with van der Waals surface area (Å²) in [4.78, 5) is 14.8. The summed E-state index contributed by atoms with van der Waals surface area (Å²) in [5, 5.41) is 8.62. The molecule has 0 bridgehead atoms. The summed E-state index contributed by atoms with van der Waals surface area (Å²) in [6, 6.07) is 5.85. The maximum atomic E-state index is 10.5. The van der Waals surface area contributed by atoms with Gasteiger partial charge >= 0.3 is 5.97 Å². The van der Waals surface area contributed by atoms with Crippen LogP contribution in [0.3, 0.4) is 0 Å². The highest BCUT2D eigenvalue weighted by atomic mass is 16.4. The molecule has 0 unspecified atom stereocenters. The Morgan fingerprint density at radius 1 is 1.47 bits per heavy atom. The predicted molar refractivity (Wildman–Crippen MR) is 74.3 cm³/mol. The van der Waals surface area contributed by atoms with E-state index < -0.39 is 5.97 Å². The van der Waals surface area contributed by atoms with Crippen molar-refractivity contribution in [2.45, 2.75) is 20.3 Å². The van der Waals surface area contributed by atoms with Crippen molar-refractivity contribution >= 4 is 12.0 Å². The van der Waals surface area contributed by atoms with Gasteiger partial charge in [-0.1, -0.05) is 13.0 Å². The van der Waals surface area contributed by atoms with E-state index in [0.717, 1.165) is 35.1 Å². The van der Waals surface area contributed by atoms with Crippen molar-refractivity contribution < 1.29 is 9.90 Å². The first kappa shape index (κ1) is 13.1. The number of benzene rings is 1. The van der Waals surface area contributed by atoms with Gasteiger partial charge in [-0.2, -0.15) is 0 Å². The molecule has 1 aromatic heterocycles. The molecule has 0 saturated carbocycles. The lowest BCUT2D eigenvalue weighted by atomic mass is 10.1. The van der Waals surface area contributed by atoms with Crippen molar-refractivity contribution in [1.82, 2.24) is 9.55 Å². The highest BCUT2D eigenvalue weighted by Crippen LogP contribution is 2.18. The maximum absolute atomic E-state index is 10.5. The van der Waals surface area contributed by atoms with Crippen LogP contribution in [-0.2, 0) is 11.2 Å². The van der Waals surface area contributed by atoms with E-state index in [4.69, 9.17) is 5.11 Å². The molecule has 1 heterocycles. The number of nitrogens with zero attached hydrogens (tertiary/aromatic N) is 2. The van der Waals surface area contributed by atoms with Crippen LogP contribution in [0.5, 0.6) is 0 Å². The van der Waals surface area contributed by atoms with Crippen LogP contribution in [-0.4, -0.2) is 20.6 Å². The Morgan fingerprint density at radius 3 is 2.89 bits per heavy atom. The van der Waals surface area contributed by atoms with Crippen LogP contribution in [0.25, 0.3) is 11.8 Å². The fourth-order valence-electron chi connectivity index (χ4n) is 2.04. The Morgan fingerprint density at radius 2 is 2.26 bits per heavy atom. The number of hydrogen-bond donors (Lipinski definition) is 1. The molecule has 4 nitrogen and oxygen atoms in total. The third kappa shape index (κ3) is 2.91. The summed E-state index contributed by atoms with van der Waals surface area (Å²) in [7, 11) is 0. The molecule has 19 heavy (non-hydrogen) atoms. The molecular weight excluding hydrogens is 240 g/mol. The van der Waals surface area contributed by atoms with Crippen LogP contribution < -0.4 is 0 Å². The third-order valence-corrected chi connectivity index (χ3v) is 2.93. The summed E-state index contributed by atoms with van der Waals surface area (Å²) >= 11 is 0. The molecule has 0 saturated heterocycles. The quantitative estimate of drug-likeness (QED) is 0.856. The van der Waals surface area contributed by atoms with Crippen molar-refractivity contribution in [2.75, 3.05) is 0 Å². The van der Waals surface area contributed by atoms with Crippen molar-refractivity contribution in [3.05, 3.63) is 53.6 Å². The average Bonchev–Trinajstić information content (AvgIpc) is 2.84. The van der Waals surface area contributed by atoms with Gasteiger partial charge in [-0.3, -0.25) is 0 Å². The number of carbonyl (C=O) groups is 1. The monoisotopic (exact) mass is 256 g/mol. The molecule has 2 rings (SSSR count). The standard InChI is InChI=1S/C15H16N2O2/c1-3-14-16-8-9-17(14)13-6-4-12(10-11(13)2)5-7-15(18)19/h4-10H,3H2,1-2H3,(H,18,19). The van der Waals surface area contributed by atoms with Crippen molar-refractivity contribution in [2.24, 2.45) is 0 Å². The highest BCUT2D eigenvalue weighted by Gasteiger charge is 2.05. The number of aromatic nitrogens is 2. The van der Waals surface area contributed by atoms with Crippen molar-refractivity contribution in [3.63, 3.8) is 0 Å². The summed E-state index contributed by atoms with van der Waals surface area (Å²) in [5.41, 5.74) is 3.03. The molecule has 98 valence electrons. The second-order valence-electron chi connectivity index (χ2n) is 4.28. The molecule has 1 aromatic carbocycles. The van der Waals surface area contributed by atoms with E-state index in [1.165, 1.54) is 0 Å². The Hall–Kier alpha value is -2.36. The minimum absolute atomic E-state index is 0.868. The van der Waals surface area contributed by atoms with Crippen LogP contribution in [0, 0.1) is 6.92 Å². The molecule has 0 atom stereocenters. The van der Waals surface area contributed by atoms with Gasteiger partial charge in [0.15, 0.2) is 0 Å². The Labute approximate surface area is 112 Å². The van der Waals surface area contributed by atoms with Crippen LogP contribution in [0.1, 0.15) is 23.9 Å². The first-order valence-corrected chi connectivity index (χ1v) is 6.16. The second-order valence-corrected chi connectivity index (χ2v) is 4.28. The minimum Gasteiger partial charge on any atom is -0.478 e. The average molecular weight is 256 g/mol. The van der Waals surface area contributed by atoms with E-state index in [2.05, 4.69) is 16.5 Å². The van der Waals surface area contributed by atoms with Crippen LogP contribution in [0.4, 0.5) is 0 Å². The second kappa shape index (κ2) is 5.52. The molecule has 0 fully saturated rings. The lowest BCUT2D eigenvalue weighted by Gasteiger charge is -2.10. The molecular formula is C15H16N2O2. The molecule has 0 aliphatic carbocycles. The molecule has 0 aliphatic heterocycles. The number of imidazole rings is 1. The van der Waals surface area contributed by atoms with Gasteiger partial charge in [-0.25, -0.2) is 9.78 Å². The molecule has 4 heteroatoms. The van der Waals surface area contributed by atoms with E-state index in [1.807, 2.05) is 31.3 Å². The number of carboxylic acid groups (broad SMARTS) is 1. The fraction of sp³-hybridized carbons (Fsp3) is 0.200. The zero-order chi connectivity index (χ0) is 13.8. The molecule has 0 aliphatic rings. The van der Waals surface area contributed by atoms with Crippen molar-refractivity contribution in [1.29, 1.82) is 0 Å². The van der Waals surface area contributed by atoms with E-state index in [0.29, 0.717) is 0 Å². The summed E-state index contributed by atoms with van der Waals surface area (Å²) in [6.07, 6.45) is 7.33. The van der Waals surface area contributed by atoms with Gasteiger partial charge in [0.25, 0.3) is 0 Å². The zero-order valence-corrected chi connectivity index (χ0v) is 11.0. The minimum atomic E-state index is -0.940. The lowest BCUT2D eigenvalue weighted by molar-refractivity contribution is -0.131. The van der Waals surface area contributed by atoms with Gasteiger partial charge in [-0.05, 0) is 36.3 Å². The number of carboxylic acids is 1. The fourth-order valence-corrected chi connectivity index (χ4v) is 2.04. The number of aryl methyl sites for hydroxylation is 2. The summed E-state index contributed by atoms with van der Waals surface area (Å²) in [5.74, 6) is 0.0709. The molecule has 0 spiro atoms. The zero-order valence-electron chi connectivity index (χ0n) is 11.0. The number of hydrogen-bond acceptors (Lipinski definition) is 2. The van der Waals surface area contributed by atoms with Gasteiger partial charge in [-0.15, -0.1) is 0 Å². The number of aliphatic carboxylic acids is 1. The topological polar surface area (TPSA) is 55.1 Å². The van der Waals surface area contributed by atoms with E-state index in [1.54, 1.807) is 12.3 Å². The van der Waals surface area contributed by atoms with E-state index in [9.17, 15) is 4.79 Å². The van der Waals surface area contributed by atoms with Gasteiger partial charge < -0.3 is 9.67 Å². The van der Waals surface area contributed by atoms with Gasteiger partial charge in [0.1, 0.15) is 5.82 Å². The van der Waals surface area contributed by atoms with Crippen molar-refractivity contribution in [3.8, 4) is 5.69 Å². The molecule has 0 radical (unpaired) electrons. The Bertz CT molecular complexity index is 627. The first-order chi connectivity index (χ1) is 9.11. The van der Waals surface area contributed by atoms with Crippen LogP contribution in [0.15, 0.2) is 36.7 Å². The SMILES string of the molecule is CCc1nccn1-c1ccc(C=CC(=O)O)cc1C. The largest absolute Gasteiger partial charge is 0.478 e. The predicted octanol–water partition coefficient (Wildman–Crippen LogP) is 2.84. The third-order valence-electron chi connectivity index (χ3n) is 2.93. The van der Waals surface area contributed by atoms with Gasteiger partial charge in [0, 0.05) is 30.6 Å². The molecule has 0 amide bonds.